The smallest absolute Gasteiger partial charge is 0.152 e. The zero-order valence-electron chi connectivity index (χ0n) is 8.42. The van der Waals surface area contributed by atoms with Crippen LogP contribution in [0.3, 0.4) is 0 Å². The van der Waals surface area contributed by atoms with E-state index in [2.05, 4.69) is 18.0 Å². The van der Waals surface area contributed by atoms with E-state index >= 15 is 0 Å². The van der Waals surface area contributed by atoms with E-state index in [-0.39, 0.29) is 0 Å². The summed E-state index contributed by atoms with van der Waals surface area (Å²) in [5.74, 6) is 0. The third-order valence-electron chi connectivity index (χ3n) is 2.42. The predicted octanol–water partition coefficient (Wildman–Crippen LogP) is 3.03. The first kappa shape index (κ1) is 9.34. The van der Waals surface area contributed by atoms with Gasteiger partial charge in [-0.1, -0.05) is 0 Å². The Hall–Kier alpha value is -1.22. The number of fused-ring (bicyclic) bond motifs is 1. The van der Waals surface area contributed by atoms with Gasteiger partial charge >= 0.3 is 0 Å². The van der Waals surface area contributed by atoms with Crippen molar-refractivity contribution in [3.8, 4) is 0 Å². The normalized spacial score (nSPS) is 10.8. The van der Waals surface area contributed by atoms with Gasteiger partial charge in [-0.3, -0.25) is 4.79 Å². The topological polar surface area (TPSA) is 30.0 Å². The van der Waals surface area contributed by atoms with Crippen LogP contribution in [0.4, 0.5) is 0 Å². The first-order chi connectivity index (χ1) is 6.63. The highest BCUT2D eigenvalue weighted by atomic mass is 32.1. The molecule has 0 bridgehead atoms. The van der Waals surface area contributed by atoms with Gasteiger partial charge in [0.25, 0.3) is 0 Å². The molecule has 0 saturated heterocycles. The second-order valence-electron chi connectivity index (χ2n) is 3.43. The number of carbonyl (C=O) groups excluding carboxylic acids is 1. The van der Waals surface area contributed by atoms with Gasteiger partial charge in [0.15, 0.2) is 6.29 Å². The van der Waals surface area contributed by atoms with E-state index in [4.69, 9.17) is 0 Å². The highest BCUT2D eigenvalue weighted by molar-refractivity contribution is 7.18. The van der Waals surface area contributed by atoms with E-state index in [0.29, 0.717) is 0 Å². The monoisotopic (exact) mass is 205 g/mol. The zero-order chi connectivity index (χ0) is 10.3. The molecule has 0 amide bonds. The fourth-order valence-corrected chi connectivity index (χ4v) is 2.64. The van der Waals surface area contributed by atoms with Crippen LogP contribution in [-0.4, -0.2) is 11.3 Å². The Morgan fingerprint density at radius 1 is 1.36 bits per heavy atom. The summed E-state index contributed by atoms with van der Waals surface area (Å²) in [4.78, 5) is 17.5. The zero-order valence-corrected chi connectivity index (χ0v) is 9.23. The van der Waals surface area contributed by atoms with Crippen molar-refractivity contribution in [1.29, 1.82) is 0 Å². The molecule has 0 N–H and O–H groups in total. The molecule has 0 unspecified atom stereocenters. The summed E-state index contributed by atoms with van der Waals surface area (Å²) >= 11 is 1.67. The van der Waals surface area contributed by atoms with Crippen LogP contribution in [0.2, 0.25) is 0 Å². The van der Waals surface area contributed by atoms with Crippen LogP contribution >= 0.6 is 11.3 Å². The Morgan fingerprint density at radius 3 is 2.71 bits per heavy atom. The number of thiophene rings is 1. The van der Waals surface area contributed by atoms with Crippen LogP contribution in [0.1, 0.15) is 26.5 Å². The van der Waals surface area contributed by atoms with Gasteiger partial charge in [-0.25, -0.2) is 4.98 Å². The molecule has 0 fully saturated rings. The summed E-state index contributed by atoms with van der Waals surface area (Å²) in [7, 11) is 0. The van der Waals surface area contributed by atoms with Crippen molar-refractivity contribution < 1.29 is 4.79 Å². The average molecular weight is 205 g/mol. The van der Waals surface area contributed by atoms with E-state index < -0.39 is 0 Å². The number of aryl methyl sites for hydroxylation is 3. The summed E-state index contributed by atoms with van der Waals surface area (Å²) in [5.41, 5.74) is 2.61. The summed E-state index contributed by atoms with van der Waals surface area (Å²) in [6.45, 7) is 5.92. The van der Waals surface area contributed by atoms with Crippen LogP contribution in [0.5, 0.6) is 0 Å². The Morgan fingerprint density at radius 2 is 2.07 bits per heavy atom. The van der Waals surface area contributed by atoms with Crippen LogP contribution in [0, 0.1) is 20.8 Å². The number of hydrogen-bond acceptors (Lipinski definition) is 3. The number of aromatic nitrogens is 1. The molecule has 0 aromatic carbocycles. The lowest BCUT2D eigenvalue weighted by Crippen LogP contribution is -1.94. The van der Waals surface area contributed by atoms with Gasteiger partial charge < -0.3 is 0 Å². The van der Waals surface area contributed by atoms with E-state index in [1.807, 2.05) is 13.8 Å². The predicted molar refractivity (Wildman–Crippen MR) is 59.2 cm³/mol. The van der Waals surface area contributed by atoms with Gasteiger partial charge in [0.2, 0.25) is 0 Å². The van der Waals surface area contributed by atoms with Gasteiger partial charge in [-0.15, -0.1) is 11.3 Å². The summed E-state index contributed by atoms with van der Waals surface area (Å²) in [5, 5.41) is 1.11. The van der Waals surface area contributed by atoms with Crippen molar-refractivity contribution >= 4 is 27.8 Å². The third kappa shape index (κ3) is 1.24. The molecule has 2 aromatic rings. The van der Waals surface area contributed by atoms with Crippen LogP contribution in [0.15, 0.2) is 6.07 Å². The van der Waals surface area contributed by atoms with E-state index in [1.54, 1.807) is 11.3 Å². The molecule has 72 valence electrons. The first-order valence-corrected chi connectivity index (χ1v) is 5.27. The lowest BCUT2D eigenvalue weighted by Gasteiger charge is -2.02. The van der Waals surface area contributed by atoms with Crippen molar-refractivity contribution in [3.63, 3.8) is 0 Å². The quantitative estimate of drug-likeness (QED) is 0.670. The molecule has 0 aliphatic heterocycles. The molecule has 0 atom stereocenters. The number of hydrogen-bond donors (Lipinski definition) is 0. The lowest BCUT2D eigenvalue weighted by atomic mass is 10.1. The largest absolute Gasteiger partial charge is 0.298 e. The van der Waals surface area contributed by atoms with Crippen molar-refractivity contribution in [2.75, 3.05) is 0 Å². The maximum atomic E-state index is 10.9. The van der Waals surface area contributed by atoms with Gasteiger partial charge in [0, 0.05) is 21.5 Å². The number of pyridine rings is 1. The Labute approximate surface area is 86.6 Å². The molecular formula is C11H11NOS. The molecule has 0 aliphatic rings. The van der Waals surface area contributed by atoms with Crippen molar-refractivity contribution in [1.82, 2.24) is 4.98 Å². The number of nitrogens with zero attached hydrogens (tertiary/aromatic N) is 1. The molecule has 0 radical (unpaired) electrons. The lowest BCUT2D eigenvalue weighted by molar-refractivity contribution is 0.112. The van der Waals surface area contributed by atoms with Gasteiger partial charge in [-0.05, 0) is 32.4 Å². The van der Waals surface area contributed by atoms with Crippen LogP contribution < -0.4 is 0 Å². The minimum absolute atomic E-state index is 0.732. The molecular weight excluding hydrogens is 194 g/mol. The fourth-order valence-electron chi connectivity index (χ4n) is 1.66. The molecule has 0 saturated carbocycles. The molecule has 14 heavy (non-hydrogen) atoms. The Kier molecular flexibility index (Phi) is 2.11. The van der Waals surface area contributed by atoms with Crippen molar-refractivity contribution in [2.45, 2.75) is 20.8 Å². The highest BCUT2D eigenvalue weighted by Crippen LogP contribution is 2.28. The van der Waals surface area contributed by atoms with Crippen LogP contribution in [-0.2, 0) is 0 Å². The number of carbonyl (C=O) groups is 1. The van der Waals surface area contributed by atoms with Crippen molar-refractivity contribution in [2.24, 2.45) is 0 Å². The Bertz CT molecular complexity index is 513. The number of aldehydes is 1. The summed E-state index contributed by atoms with van der Waals surface area (Å²) in [6, 6.07) is 2.09. The summed E-state index contributed by atoms with van der Waals surface area (Å²) < 4.78 is 0. The van der Waals surface area contributed by atoms with Gasteiger partial charge in [-0.2, -0.15) is 0 Å². The van der Waals surface area contributed by atoms with E-state index in [9.17, 15) is 4.79 Å². The minimum atomic E-state index is 0.732. The minimum Gasteiger partial charge on any atom is -0.298 e. The first-order valence-electron chi connectivity index (χ1n) is 4.46. The highest BCUT2D eigenvalue weighted by Gasteiger charge is 2.10. The van der Waals surface area contributed by atoms with E-state index in [1.165, 1.54) is 4.88 Å². The van der Waals surface area contributed by atoms with Crippen molar-refractivity contribution in [3.05, 3.63) is 27.8 Å². The number of rotatable bonds is 1. The molecule has 0 spiro atoms. The SMILES string of the molecule is Cc1cc2c(C)c(C=O)c(C)nc2s1. The maximum absolute atomic E-state index is 10.9. The molecule has 2 heterocycles. The molecule has 2 nitrogen and oxygen atoms in total. The fraction of sp³-hybridized carbons (Fsp3) is 0.273. The molecule has 2 aromatic heterocycles. The van der Waals surface area contributed by atoms with Gasteiger partial charge in [0.05, 0.1) is 0 Å². The third-order valence-corrected chi connectivity index (χ3v) is 3.36. The second-order valence-corrected chi connectivity index (χ2v) is 4.66. The second kappa shape index (κ2) is 3.17. The van der Waals surface area contributed by atoms with E-state index in [0.717, 1.165) is 33.3 Å². The Balaban J connectivity index is 2.91. The molecule has 0 aliphatic carbocycles. The van der Waals surface area contributed by atoms with Crippen LogP contribution in [0.25, 0.3) is 10.2 Å². The van der Waals surface area contributed by atoms with Gasteiger partial charge in [0.1, 0.15) is 4.83 Å². The maximum Gasteiger partial charge on any atom is 0.152 e. The summed E-state index contributed by atoms with van der Waals surface area (Å²) in [6.07, 6.45) is 0.893. The molecule has 3 heteroatoms. The average Bonchev–Trinajstić information content (AvgIpc) is 2.47. The molecule has 2 rings (SSSR count). The standard InChI is InChI=1S/C11H11NOS/c1-6-4-9-7(2)10(5-13)8(3)12-11(9)14-6/h4-5H,1-3H3.